The molecule has 0 aliphatic heterocycles. The average Bonchev–Trinajstić information content (AvgIpc) is 2.31. The van der Waals surface area contributed by atoms with E-state index in [1.54, 1.807) is 43.2 Å². The van der Waals surface area contributed by atoms with Gasteiger partial charge in [-0.05, 0) is 0 Å². The minimum absolute atomic E-state index is 0. The summed E-state index contributed by atoms with van der Waals surface area (Å²) in [5.41, 5.74) is 0. The molecule has 0 rings (SSSR count). The van der Waals surface area contributed by atoms with E-state index in [1.807, 2.05) is 0 Å². The Morgan fingerprint density at radius 3 is 0.765 bits per heavy atom. The Kier molecular flexibility index (Phi) is 35.5. The lowest BCUT2D eigenvalue weighted by atomic mass is 10.9. The second-order valence-corrected chi connectivity index (χ2v) is 7.59. The average molecular weight is 327 g/mol. The fourth-order valence-electron chi connectivity index (χ4n) is 0.385. The number of hydrogen-bond donors (Lipinski definition) is 4. The van der Waals surface area contributed by atoms with Crippen molar-refractivity contribution in [2.45, 2.75) is 0 Å². The summed E-state index contributed by atoms with van der Waals surface area (Å²) in [4.78, 5) is 0. The Labute approximate surface area is 118 Å². The zero-order valence-corrected chi connectivity index (χ0v) is 12.8. The zero-order valence-electron chi connectivity index (χ0n) is 9.58. The molecule has 0 spiro atoms. The van der Waals surface area contributed by atoms with Gasteiger partial charge >= 0.3 is 0 Å². The Balaban J connectivity index is -0.000000218. The molecular formula is C8H22O5S4. The predicted molar refractivity (Wildman–Crippen MR) is 81.8 cm³/mol. The highest BCUT2D eigenvalue weighted by molar-refractivity contribution is 8.77. The molecule has 0 aromatic rings. The maximum absolute atomic E-state index is 8.27. The van der Waals surface area contributed by atoms with E-state index in [2.05, 4.69) is 0 Å². The van der Waals surface area contributed by atoms with Crippen LogP contribution in [0.5, 0.6) is 0 Å². The molecule has 0 aromatic carbocycles. The molecule has 0 aliphatic rings. The van der Waals surface area contributed by atoms with Crippen LogP contribution in [-0.2, 0) is 0 Å². The van der Waals surface area contributed by atoms with E-state index in [-0.39, 0.29) is 31.9 Å². The molecule has 108 valence electrons. The summed E-state index contributed by atoms with van der Waals surface area (Å²) in [6.07, 6.45) is 0. The normalized spacial score (nSPS) is 9.18. The van der Waals surface area contributed by atoms with Gasteiger partial charge in [-0.1, -0.05) is 43.2 Å². The Bertz CT molecular complexity index is 87.9. The highest BCUT2D eigenvalue weighted by Gasteiger charge is 1.85. The summed E-state index contributed by atoms with van der Waals surface area (Å²) < 4.78 is 0. The van der Waals surface area contributed by atoms with Crippen LogP contribution in [0.15, 0.2) is 0 Å². The summed E-state index contributed by atoms with van der Waals surface area (Å²) in [7, 11) is 6.34. The summed E-state index contributed by atoms with van der Waals surface area (Å²) >= 11 is 0. The SMILES string of the molecule is O.OCCSSCCO.OCCSSCCO. The minimum Gasteiger partial charge on any atom is -0.412 e. The summed E-state index contributed by atoms with van der Waals surface area (Å²) in [5, 5.41) is 33.1. The van der Waals surface area contributed by atoms with Crippen molar-refractivity contribution in [1.82, 2.24) is 0 Å². The van der Waals surface area contributed by atoms with Crippen LogP contribution in [-0.4, -0.2) is 75.3 Å². The van der Waals surface area contributed by atoms with Gasteiger partial charge in [0.1, 0.15) is 0 Å². The van der Waals surface area contributed by atoms with Crippen molar-refractivity contribution >= 4 is 43.2 Å². The van der Waals surface area contributed by atoms with Gasteiger partial charge in [0.25, 0.3) is 0 Å². The van der Waals surface area contributed by atoms with Gasteiger partial charge < -0.3 is 25.9 Å². The Hall–Kier alpha value is 1.20. The molecule has 17 heavy (non-hydrogen) atoms. The standard InChI is InChI=1S/2C4H10O2S2.H2O/c2*5-1-3-7-8-4-2-6;/h2*5-6H,1-4H2;1H2. The Morgan fingerprint density at radius 2 is 0.647 bits per heavy atom. The minimum atomic E-state index is 0. The molecule has 0 saturated carbocycles. The van der Waals surface area contributed by atoms with E-state index in [9.17, 15) is 0 Å². The summed E-state index contributed by atoms with van der Waals surface area (Å²) in [6, 6.07) is 0. The second kappa shape index (κ2) is 25.9. The van der Waals surface area contributed by atoms with Gasteiger partial charge in [-0.2, -0.15) is 0 Å². The molecule has 0 amide bonds. The first kappa shape index (κ1) is 23.3. The number of rotatable bonds is 10. The fourth-order valence-corrected chi connectivity index (χ4v) is 3.46. The topological polar surface area (TPSA) is 112 Å². The van der Waals surface area contributed by atoms with E-state index in [0.717, 1.165) is 23.0 Å². The third-order valence-corrected chi connectivity index (χ3v) is 5.60. The van der Waals surface area contributed by atoms with E-state index >= 15 is 0 Å². The zero-order chi connectivity index (χ0) is 12.5. The maximum Gasteiger partial charge on any atom is 0.0530 e. The maximum atomic E-state index is 8.27. The molecule has 6 N–H and O–H groups in total. The van der Waals surface area contributed by atoms with Crippen LogP contribution in [0.2, 0.25) is 0 Å². The summed E-state index contributed by atoms with van der Waals surface area (Å²) in [5.74, 6) is 3.02. The molecule has 0 fully saturated rings. The van der Waals surface area contributed by atoms with Crippen LogP contribution >= 0.6 is 43.2 Å². The number of hydrogen-bond acceptors (Lipinski definition) is 8. The molecule has 0 unspecified atom stereocenters. The van der Waals surface area contributed by atoms with Crippen molar-refractivity contribution in [1.29, 1.82) is 0 Å². The van der Waals surface area contributed by atoms with Gasteiger partial charge in [0.05, 0.1) is 26.4 Å². The van der Waals surface area contributed by atoms with E-state index in [4.69, 9.17) is 20.4 Å². The van der Waals surface area contributed by atoms with Crippen LogP contribution in [0.3, 0.4) is 0 Å². The largest absolute Gasteiger partial charge is 0.412 e. The molecule has 0 bridgehead atoms. The van der Waals surface area contributed by atoms with Crippen molar-refractivity contribution in [3.63, 3.8) is 0 Å². The predicted octanol–water partition coefficient (Wildman–Crippen LogP) is -0.120. The molecule has 0 aliphatic carbocycles. The smallest absolute Gasteiger partial charge is 0.0530 e. The lowest BCUT2D eigenvalue weighted by molar-refractivity contribution is 0.322. The van der Waals surface area contributed by atoms with E-state index < -0.39 is 0 Å². The molecule has 5 nitrogen and oxygen atoms in total. The molecular weight excluding hydrogens is 304 g/mol. The van der Waals surface area contributed by atoms with Gasteiger partial charge in [-0.25, -0.2) is 0 Å². The van der Waals surface area contributed by atoms with Crippen LogP contribution < -0.4 is 0 Å². The van der Waals surface area contributed by atoms with Gasteiger partial charge in [-0.15, -0.1) is 0 Å². The molecule has 0 saturated heterocycles. The van der Waals surface area contributed by atoms with Crippen molar-refractivity contribution in [3.8, 4) is 0 Å². The molecule has 0 atom stereocenters. The van der Waals surface area contributed by atoms with Crippen LogP contribution in [0.1, 0.15) is 0 Å². The second-order valence-electron chi connectivity index (χ2n) is 2.18. The molecule has 0 heterocycles. The van der Waals surface area contributed by atoms with E-state index in [1.165, 1.54) is 0 Å². The summed E-state index contributed by atoms with van der Waals surface area (Å²) in [6.45, 7) is 0.901. The molecule has 0 radical (unpaired) electrons. The highest BCUT2D eigenvalue weighted by Crippen LogP contribution is 2.19. The lowest BCUT2D eigenvalue weighted by Gasteiger charge is -1.93. The van der Waals surface area contributed by atoms with Crippen LogP contribution in [0.4, 0.5) is 0 Å². The van der Waals surface area contributed by atoms with Crippen LogP contribution in [0, 0.1) is 0 Å². The van der Waals surface area contributed by atoms with Crippen molar-refractivity contribution < 1.29 is 25.9 Å². The monoisotopic (exact) mass is 326 g/mol. The third-order valence-electron chi connectivity index (χ3n) is 0.865. The fraction of sp³-hybridized carbons (Fsp3) is 1.00. The van der Waals surface area contributed by atoms with Gasteiger partial charge in [0, 0.05) is 23.0 Å². The van der Waals surface area contributed by atoms with Crippen molar-refractivity contribution in [2.24, 2.45) is 0 Å². The van der Waals surface area contributed by atoms with Gasteiger partial charge in [-0.3, -0.25) is 0 Å². The third kappa shape index (κ3) is 31.7. The molecule has 0 aromatic heterocycles. The van der Waals surface area contributed by atoms with Gasteiger partial charge in [0.2, 0.25) is 0 Å². The Morgan fingerprint density at radius 1 is 0.471 bits per heavy atom. The van der Waals surface area contributed by atoms with E-state index in [0.29, 0.717) is 0 Å². The lowest BCUT2D eigenvalue weighted by Crippen LogP contribution is -1.85. The number of aliphatic hydroxyl groups is 4. The first-order valence-electron chi connectivity index (χ1n) is 4.75. The first-order valence-corrected chi connectivity index (χ1v) is 9.73. The first-order chi connectivity index (χ1) is 7.83. The van der Waals surface area contributed by atoms with Crippen LogP contribution in [0.25, 0.3) is 0 Å². The van der Waals surface area contributed by atoms with Crippen molar-refractivity contribution in [3.05, 3.63) is 0 Å². The highest BCUT2D eigenvalue weighted by atomic mass is 33.1. The number of aliphatic hydroxyl groups excluding tert-OH is 4. The van der Waals surface area contributed by atoms with Crippen molar-refractivity contribution in [2.75, 3.05) is 49.4 Å². The molecule has 9 heteroatoms. The quantitative estimate of drug-likeness (QED) is 0.325. The van der Waals surface area contributed by atoms with Gasteiger partial charge in [0.15, 0.2) is 0 Å².